The highest BCUT2D eigenvalue weighted by Gasteiger charge is 2.36. The molecule has 3 heterocycles. The van der Waals surface area contributed by atoms with Crippen molar-refractivity contribution in [1.82, 2.24) is 24.4 Å². The first-order valence-electron chi connectivity index (χ1n) is 12.1. The molecule has 200 valence electrons. The summed E-state index contributed by atoms with van der Waals surface area (Å²) in [5.41, 5.74) is 3.08. The quantitative estimate of drug-likeness (QED) is 0.296. The minimum Gasteiger partial charge on any atom is -0.497 e. The fraction of sp³-hybridized carbons (Fsp3) is 0.214. The van der Waals surface area contributed by atoms with E-state index in [1.807, 2.05) is 38.1 Å². The second-order valence-electron chi connectivity index (χ2n) is 9.19. The van der Waals surface area contributed by atoms with Crippen LogP contribution in [0.15, 0.2) is 60.8 Å². The third-order valence-electron chi connectivity index (χ3n) is 6.47. The molecular formula is C28H25F3N6O2. The van der Waals surface area contributed by atoms with E-state index in [0.717, 1.165) is 23.4 Å². The van der Waals surface area contributed by atoms with E-state index in [0.29, 0.717) is 39.4 Å². The van der Waals surface area contributed by atoms with Gasteiger partial charge in [0.15, 0.2) is 11.3 Å². The zero-order chi connectivity index (χ0) is 27.9. The Balaban J connectivity index is 1.51. The highest BCUT2D eigenvalue weighted by Crippen LogP contribution is 2.33. The number of benzene rings is 2. The van der Waals surface area contributed by atoms with Gasteiger partial charge in [0.2, 0.25) is 0 Å². The van der Waals surface area contributed by atoms with Crippen molar-refractivity contribution in [3.05, 3.63) is 94.6 Å². The lowest BCUT2D eigenvalue weighted by molar-refractivity contribution is -0.142. The molecule has 3 aromatic heterocycles. The number of fused-ring (bicyclic) bond motifs is 1. The van der Waals surface area contributed by atoms with Crippen LogP contribution in [-0.2, 0) is 12.7 Å². The molecule has 0 saturated heterocycles. The number of hydrogen-bond donors (Lipinski definition) is 1. The standard InChI is InChI=1S/C28H25F3N6O2/c1-16-5-7-19(8-6-16)15-36-18(3)25(17(2)35-36)34-27(38)22-14-32-37-24(28(29,30)31)13-23(33-26(22)37)20-9-11-21(39-4)12-10-20/h5-14H,15H2,1-4H3,(H,34,38). The lowest BCUT2D eigenvalue weighted by atomic mass is 10.1. The van der Waals surface area contributed by atoms with Crippen LogP contribution in [-0.4, -0.2) is 37.4 Å². The number of carbonyl (C=O) groups excluding carboxylic acids is 1. The normalized spacial score (nSPS) is 11.7. The molecule has 5 rings (SSSR count). The first-order chi connectivity index (χ1) is 18.5. The van der Waals surface area contributed by atoms with Crippen LogP contribution in [0.4, 0.5) is 18.9 Å². The molecule has 1 N–H and O–H groups in total. The lowest BCUT2D eigenvalue weighted by Gasteiger charge is -2.12. The van der Waals surface area contributed by atoms with E-state index in [9.17, 15) is 18.0 Å². The van der Waals surface area contributed by atoms with Crippen LogP contribution in [0.2, 0.25) is 0 Å². The number of aromatic nitrogens is 5. The lowest BCUT2D eigenvalue weighted by Crippen LogP contribution is -2.16. The summed E-state index contributed by atoms with van der Waals surface area (Å²) in [5, 5.41) is 11.2. The Morgan fingerprint density at radius 2 is 1.72 bits per heavy atom. The van der Waals surface area contributed by atoms with Gasteiger partial charge in [0, 0.05) is 5.56 Å². The van der Waals surface area contributed by atoms with Crippen molar-refractivity contribution in [3.63, 3.8) is 0 Å². The molecule has 0 aliphatic rings. The number of ether oxygens (including phenoxy) is 1. The average molecular weight is 535 g/mol. The molecule has 0 radical (unpaired) electrons. The number of carbonyl (C=O) groups is 1. The number of amides is 1. The molecule has 5 aromatic rings. The third-order valence-corrected chi connectivity index (χ3v) is 6.47. The number of anilines is 1. The molecular weight excluding hydrogens is 509 g/mol. The van der Waals surface area contributed by atoms with Gasteiger partial charge in [0.1, 0.15) is 11.3 Å². The Morgan fingerprint density at radius 3 is 2.36 bits per heavy atom. The van der Waals surface area contributed by atoms with Crippen molar-refractivity contribution in [2.75, 3.05) is 12.4 Å². The fourth-order valence-electron chi connectivity index (χ4n) is 4.31. The summed E-state index contributed by atoms with van der Waals surface area (Å²) in [5.74, 6) is -0.0902. The Hall–Kier alpha value is -4.67. The van der Waals surface area contributed by atoms with Crippen molar-refractivity contribution in [2.24, 2.45) is 0 Å². The molecule has 8 nitrogen and oxygen atoms in total. The first kappa shape index (κ1) is 26.0. The summed E-state index contributed by atoms with van der Waals surface area (Å²) in [7, 11) is 1.49. The highest BCUT2D eigenvalue weighted by molar-refractivity contribution is 6.08. The van der Waals surface area contributed by atoms with E-state index >= 15 is 0 Å². The molecule has 0 aliphatic carbocycles. The third kappa shape index (κ3) is 5.07. The molecule has 0 unspecified atom stereocenters. The van der Waals surface area contributed by atoms with Gasteiger partial charge in [-0.15, -0.1) is 0 Å². The monoisotopic (exact) mass is 534 g/mol. The maximum atomic E-state index is 14.0. The highest BCUT2D eigenvalue weighted by atomic mass is 19.4. The number of methoxy groups -OCH3 is 1. The number of alkyl halides is 3. The number of aryl methyl sites for hydroxylation is 2. The van der Waals surface area contributed by atoms with Crippen LogP contribution in [0.3, 0.4) is 0 Å². The van der Waals surface area contributed by atoms with E-state index < -0.39 is 17.8 Å². The summed E-state index contributed by atoms with van der Waals surface area (Å²) in [6.07, 6.45) is -3.64. The SMILES string of the molecule is COc1ccc(-c2cc(C(F)(F)F)n3ncc(C(=O)Nc4c(C)nn(Cc5ccc(C)cc5)c4C)c3n2)cc1. The van der Waals surface area contributed by atoms with Gasteiger partial charge in [0.05, 0.1) is 42.6 Å². The van der Waals surface area contributed by atoms with Gasteiger partial charge in [-0.2, -0.15) is 23.4 Å². The Kier molecular flexibility index (Phi) is 6.59. The molecule has 0 aliphatic heterocycles. The van der Waals surface area contributed by atoms with Gasteiger partial charge in [-0.25, -0.2) is 9.50 Å². The number of hydrogen-bond acceptors (Lipinski definition) is 5. The van der Waals surface area contributed by atoms with Crippen molar-refractivity contribution >= 4 is 17.2 Å². The zero-order valence-electron chi connectivity index (χ0n) is 21.7. The van der Waals surface area contributed by atoms with Gasteiger partial charge in [-0.3, -0.25) is 9.48 Å². The van der Waals surface area contributed by atoms with E-state index in [-0.39, 0.29) is 16.9 Å². The van der Waals surface area contributed by atoms with Crippen molar-refractivity contribution in [1.29, 1.82) is 0 Å². The Morgan fingerprint density at radius 1 is 1.03 bits per heavy atom. The summed E-state index contributed by atoms with van der Waals surface area (Å²) in [6.45, 7) is 6.09. The van der Waals surface area contributed by atoms with Crippen molar-refractivity contribution in [2.45, 2.75) is 33.5 Å². The maximum Gasteiger partial charge on any atom is 0.433 e. The predicted molar refractivity (Wildman–Crippen MR) is 140 cm³/mol. The molecule has 0 spiro atoms. The maximum absolute atomic E-state index is 14.0. The zero-order valence-corrected chi connectivity index (χ0v) is 21.7. The largest absolute Gasteiger partial charge is 0.497 e. The van der Waals surface area contributed by atoms with Gasteiger partial charge < -0.3 is 10.1 Å². The molecule has 2 aromatic carbocycles. The Labute approximate surface area is 222 Å². The fourth-order valence-corrected chi connectivity index (χ4v) is 4.31. The number of halogens is 3. The summed E-state index contributed by atoms with van der Waals surface area (Å²) >= 11 is 0. The van der Waals surface area contributed by atoms with Crippen molar-refractivity contribution in [3.8, 4) is 17.0 Å². The van der Waals surface area contributed by atoms with Crippen LogP contribution >= 0.6 is 0 Å². The predicted octanol–water partition coefficient (Wildman–Crippen LogP) is 5.85. The van der Waals surface area contributed by atoms with E-state index in [1.165, 1.54) is 7.11 Å². The van der Waals surface area contributed by atoms with Crippen LogP contribution in [0.25, 0.3) is 16.9 Å². The van der Waals surface area contributed by atoms with Crippen LogP contribution in [0.1, 0.15) is 38.6 Å². The molecule has 0 atom stereocenters. The van der Waals surface area contributed by atoms with E-state index in [1.54, 1.807) is 35.9 Å². The molecule has 11 heteroatoms. The molecule has 0 saturated carbocycles. The smallest absolute Gasteiger partial charge is 0.433 e. The Bertz CT molecular complexity index is 1670. The van der Waals surface area contributed by atoms with E-state index in [4.69, 9.17) is 4.74 Å². The van der Waals surface area contributed by atoms with Gasteiger partial charge >= 0.3 is 6.18 Å². The van der Waals surface area contributed by atoms with Gasteiger partial charge in [0.25, 0.3) is 5.91 Å². The van der Waals surface area contributed by atoms with Gasteiger partial charge in [-0.1, -0.05) is 29.8 Å². The van der Waals surface area contributed by atoms with E-state index in [2.05, 4.69) is 20.5 Å². The van der Waals surface area contributed by atoms with Gasteiger partial charge in [-0.05, 0) is 56.7 Å². The minimum atomic E-state index is -4.73. The number of nitrogens with one attached hydrogen (secondary N) is 1. The molecule has 0 bridgehead atoms. The minimum absolute atomic E-state index is 0.0466. The number of rotatable bonds is 6. The first-order valence-corrected chi connectivity index (χ1v) is 12.1. The molecule has 1 amide bonds. The van der Waals surface area contributed by atoms with Crippen LogP contribution < -0.4 is 10.1 Å². The molecule has 0 fully saturated rings. The van der Waals surface area contributed by atoms with Crippen LogP contribution in [0, 0.1) is 20.8 Å². The number of nitrogens with zero attached hydrogens (tertiary/aromatic N) is 5. The summed E-state index contributed by atoms with van der Waals surface area (Å²) in [4.78, 5) is 17.7. The van der Waals surface area contributed by atoms with Crippen LogP contribution in [0.5, 0.6) is 5.75 Å². The summed E-state index contributed by atoms with van der Waals surface area (Å²) in [6, 6.07) is 15.4. The second-order valence-corrected chi connectivity index (χ2v) is 9.19. The topological polar surface area (TPSA) is 86.3 Å². The summed E-state index contributed by atoms with van der Waals surface area (Å²) < 4.78 is 49.5. The van der Waals surface area contributed by atoms with Crippen molar-refractivity contribution < 1.29 is 22.7 Å². The average Bonchev–Trinajstić information content (AvgIpc) is 3.45. The molecule has 39 heavy (non-hydrogen) atoms. The second kappa shape index (κ2) is 9.90.